The molecule has 1 aromatic rings. The number of likely N-dealkylation sites (tertiary alicyclic amines) is 1. The van der Waals surface area contributed by atoms with Gasteiger partial charge in [0.15, 0.2) is 0 Å². The second-order valence-corrected chi connectivity index (χ2v) is 4.81. The van der Waals surface area contributed by atoms with Crippen LogP contribution in [0.25, 0.3) is 0 Å². The van der Waals surface area contributed by atoms with Gasteiger partial charge in [-0.15, -0.1) is 0 Å². The van der Waals surface area contributed by atoms with Crippen LogP contribution in [0.3, 0.4) is 0 Å². The number of piperidine rings is 1. The van der Waals surface area contributed by atoms with Crippen molar-refractivity contribution in [2.45, 2.75) is 32.2 Å². The second kappa shape index (κ2) is 5.36. The Kier molecular flexibility index (Phi) is 3.84. The van der Waals surface area contributed by atoms with Gasteiger partial charge < -0.3 is 9.52 Å². The van der Waals surface area contributed by atoms with Gasteiger partial charge in [0.1, 0.15) is 0 Å². The van der Waals surface area contributed by atoms with Crippen molar-refractivity contribution in [2.24, 2.45) is 5.92 Å². The number of carboxylic acids is 1. The van der Waals surface area contributed by atoms with Gasteiger partial charge in [0.25, 0.3) is 0 Å². The SMILES string of the molecule is CC(c1ccoc1)N1CCC(CC(=O)O)CC1. The summed E-state index contributed by atoms with van der Waals surface area (Å²) in [6.07, 6.45) is 5.76. The monoisotopic (exact) mass is 237 g/mol. The predicted octanol–water partition coefficient (Wildman–Crippen LogP) is 2.53. The lowest BCUT2D eigenvalue weighted by atomic mass is 9.92. The molecule has 0 aliphatic carbocycles. The molecule has 1 fully saturated rings. The summed E-state index contributed by atoms with van der Waals surface area (Å²) in [5, 5.41) is 8.77. The minimum atomic E-state index is -0.675. The smallest absolute Gasteiger partial charge is 0.303 e. The minimum absolute atomic E-state index is 0.313. The van der Waals surface area contributed by atoms with Crippen LogP contribution in [0.1, 0.15) is 37.8 Å². The molecule has 4 heteroatoms. The number of furan rings is 1. The summed E-state index contributed by atoms with van der Waals surface area (Å²) in [4.78, 5) is 13.0. The third kappa shape index (κ3) is 3.09. The van der Waals surface area contributed by atoms with Gasteiger partial charge in [0, 0.05) is 18.0 Å². The average molecular weight is 237 g/mol. The van der Waals surface area contributed by atoms with Crippen LogP contribution in [0.15, 0.2) is 23.0 Å². The Hall–Kier alpha value is -1.29. The number of carbonyl (C=O) groups is 1. The minimum Gasteiger partial charge on any atom is -0.481 e. The molecule has 0 saturated carbocycles. The Morgan fingerprint density at radius 1 is 1.59 bits per heavy atom. The molecule has 0 amide bonds. The van der Waals surface area contributed by atoms with Crippen molar-refractivity contribution in [3.8, 4) is 0 Å². The summed E-state index contributed by atoms with van der Waals surface area (Å²) >= 11 is 0. The highest BCUT2D eigenvalue weighted by Gasteiger charge is 2.25. The van der Waals surface area contributed by atoms with Crippen LogP contribution in [0.4, 0.5) is 0 Å². The average Bonchev–Trinajstić information content (AvgIpc) is 2.82. The normalized spacial score (nSPS) is 20.3. The zero-order valence-corrected chi connectivity index (χ0v) is 10.1. The molecule has 0 spiro atoms. The first kappa shape index (κ1) is 12.2. The Morgan fingerprint density at radius 2 is 2.29 bits per heavy atom. The lowest BCUT2D eigenvalue weighted by molar-refractivity contribution is -0.138. The standard InChI is InChI=1S/C13H19NO3/c1-10(12-4-7-17-9-12)14-5-2-11(3-6-14)8-13(15)16/h4,7,9-11H,2-3,5-6,8H2,1H3,(H,15,16). The van der Waals surface area contributed by atoms with Crippen molar-refractivity contribution < 1.29 is 14.3 Å². The fourth-order valence-corrected chi connectivity index (χ4v) is 2.51. The molecule has 0 radical (unpaired) electrons. The van der Waals surface area contributed by atoms with Gasteiger partial charge in [0.2, 0.25) is 0 Å². The number of hydrogen-bond donors (Lipinski definition) is 1. The van der Waals surface area contributed by atoms with Crippen LogP contribution in [-0.4, -0.2) is 29.1 Å². The summed E-state index contributed by atoms with van der Waals surface area (Å²) in [5.41, 5.74) is 1.20. The zero-order valence-electron chi connectivity index (χ0n) is 10.1. The van der Waals surface area contributed by atoms with Crippen molar-refractivity contribution in [3.63, 3.8) is 0 Å². The topological polar surface area (TPSA) is 53.7 Å². The predicted molar refractivity (Wildman–Crippen MR) is 63.7 cm³/mol. The van der Waals surface area contributed by atoms with Crippen molar-refractivity contribution in [1.82, 2.24) is 4.90 Å². The van der Waals surface area contributed by atoms with Crippen LogP contribution in [0.2, 0.25) is 0 Å². The van der Waals surface area contributed by atoms with Crippen LogP contribution in [0, 0.1) is 5.92 Å². The van der Waals surface area contributed by atoms with Crippen molar-refractivity contribution >= 4 is 5.97 Å². The largest absolute Gasteiger partial charge is 0.481 e. The molecule has 1 N–H and O–H groups in total. The zero-order chi connectivity index (χ0) is 12.3. The van der Waals surface area contributed by atoms with Crippen molar-refractivity contribution in [2.75, 3.05) is 13.1 Å². The van der Waals surface area contributed by atoms with E-state index in [1.165, 1.54) is 5.56 Å². The highest BCUT2D eigenvalue weighted by molar-refractivity contribution is 5.67. The molecule has 4 nitrogen and oxygen atoms in total. The van der Waals surface area contributed by atoms with E-state index in [-0.39, 0.29) is 0 Å². The highest BCUT2D eigenvalue weighted by Crippen LogP contribution is 2.27. The molecule has 94 valence electrons. The Labute approximate surface area is 101 Å². The molecule has 0 bridgehead atoms. The van der Waals surface area contributed by atoms with Gasteiger partial charge >= 0.3 is 5.97 Å². The summed E-state index contributed by atoms with van der Waals surface area (Å²) in [6.45, 7) is 4.12. The van der Waals surface area contributed by atoms with Crippen LogP contribution in [-0.2, 0) is 4.79 Å². The van der Waals surface area contributed by atoms with Gasteiger partial charge in [0.05, 0.1) is 12.5 Å². The molecular formula is C13H19NO3. The van der Waals surface area contributed by atoms with E-state index < -0.39 is 5.97 Å². The summed E-state index contributed by atoms with van der Waals surface area (Å²) in [6, 6.07) is 2.35. The van der Waals surface area contributed by atoms with E-state index in [1.807, 2.05) is 6.07 Å². The van der Waals surface area contributed by atoms with Gasteiger partial charge in [-0.2, -0.15) is 0 Å². The molecule has 1 unspecified atom stereocenters. The van der Waals surface area contributed by atoms with E-state index in [1.54, 1.807) is 12.5 Å². The molecule has 1 aliphatic heterocycles. The van der Waals surface area contributed by atoms with Gasteiger partial charge in [-0.05, 0) is 44.8 Å². The molecule has 0 aromatic carbocycles. The molecule has 2 heterocycles. The van der Waals surface area contributed by atoms with Crippen LogP contribution in [0.5, 0.6) is 0 Å². The van der Waals surface area contributed by atoms with Crippen molar-refractivity contribution in [1.29, 1.82) is 0 Å². The first-order valence-corrected chi connectivity index (χ1v) is 6.14. The molecule has 17 heavy (non-hydrogen) atoms. The maximum atomic E-state index is 10.6. The van der Waals surface area contributed by atoms with Crippen molar-refractivity contribution in [3.05, 3.63) is 24.2 Å². The van der Waals surface area contributed by atoms with Gasteiger partial charge in [-0.1, -0.05) is 0 Å². The number of nitrogens with zero attached hydrogens (tertiary/aromatic N) is 1. The lowest BCUT2D eigenvalue weighted by Crippen LogP contribution is -2.36. The molecule has 1 atom stereocenters. The molecule has 2 rings (SSSR count). The van der Waals surface area contributed by atoms with E-state index >= 15 is 0 Å². The molecule has 1 aromatic heterocycles. The fourth-order valence-electron chi connectivity index (χ4n) is 2.51. The second-order valence-electron chi connectivity index (χ2n) is 4.81. The van der Waals surface area contributed by atoms with Crippen LogP contribution < -0.4 is 0 Å². The van der Waals surface area contributed by atoms with E-state index in [2.05, 4.69) is 11.8 Å². The Morgan fingerprint density at radius 3 is 2.82 bits per heavy atom. The fraction of sp³-hybridized carbons (Fsp3) is 0.615. The van der Waals surface area contributed by atoms with E-state index in [0.29, 0.717) is 18.4 Å². The Bertz CT molecular complexity index is 353. The van der Waals surface area contributed by atoms with E-state index in [4.69, 9.17) is 9.52 Å². The summed E-state index contributed by atoms with van der Waals surface area (Å²) in [5.74, 6) is -0.327. The number of aliphatic carboxylic acids is 1. The molecule has 1 aliphatic rings. The maximum absolute atomic E-state index is 10.6. The first-order chi connectivity index (χ1) is 8.16. The third-order valence-electron chi connectivity index (χ3n) is 3.69. The first-order valence-electron chi connectivity index (χ1n) is 6.14. The van der Waals surface area contributed by atoms with Crippen LogP contribution >= 0.6 is 0 Å². The third-order valence-corrected chi connectivity index (χ3v) is 3.69. The Balaban J connectivity index is 1.84. The van der Waals surface area contributed by atoms with E-state index in [9.17, 15) is 4.79 Å². The molecular weight excluding hydrogens is 218 g/mol. The molecule has 1 saturated heterocycles. The highest BCUT2D eigenvalue weighted by atomic mass is 16.4. The lowest BCUT2D eigenvalue weighted by Gasteiger charge is -2.35. The summed E-state index contributed by atoms with van der Waals surface area (Å²) < 4.78 is 5.10. The number of hydrogen-bond acceptors (Lipinski definition) is 3. The van der Waals surface area contributed by atoms with Gasteiger partial charge in [-0.25, -0.2) is 0 Å². The summed E-state index contributed by atoms with van der Waals surface area (Å²) in [7, 11) is 0. The number of rotatable bonds is 4. The van der Waals surface area contributed by atoms with Gasteiger partial charge in [-0.3, -0.25) is 9.69 Å². The quantitative estimate of drug-likeness (QED) is 0.874. The van der Waals surface area contributed by atoms with E-state index in [0.717, 1.165) is 25.9 Å². The maximum Gasteiger partial charge on any atom is 0.303 e. The number of carboxylic acid groups (broad SMARTS) is 1.